The zero-order chi connectivity index (χ0) is 11.1. The Labute approximate surface area is 88.1 Å². The fourth-order valence-corrected chi connectivity index (χ4v) is 1.81. The highest BCUT2D eigenvalue weighted by molar-refractivity contribution is 5.44. The molecule has 0 saturated carbocycles. The molecule has 15 heavy (non-hydrogen) atoms. The van der Waals surface area contributed by atoms with E-state index < -0.39 is 0 Å². The third kappa shape index (κ3) is 1.55. The van der Waals surface area contributed by atoms with Crippen molar-refractivity contribution < 1.29 is 9.84 Å². The van der Waals surface area contributed by atoms with Crippen LogP contribution in [0.15, 0.2) is 6.07 Å². The van der Waals surface area contributed by atoms with E-state index in [2.05, 4.69) is 4.98 Å². The Kier molecular flexibility index (Phi) is 2.13. The molecule has 0 radical (unpaired) electrons. The summed E-state index contributed by atoms with van der Waals surface area (Å²) in [5.41, 5.74) is 1.71. The Morgan fingerprint density at radius 2 is 2.33 bits per heavy atom. The number of nitriles is 1. The molecule has 2 heterocycles. The standard InChI is InChI=1S/C11H12N2O2/c1-11(2)6-15-5-8-3-7(4-12)10(14)13-9(8)11/h3H,5-6H2,1-2H3,(H,13,14). The Balaban J connectivity index is 2.61. The highest BCUT2D eigenvalue weighted by Gasteiger charge is 2.31. The van der Waals surface area contributed by atoms with Gasteiger partial charge in [-0.25, -0.2) is 4.98 Å². The van der Waals surface area contributed by atoms with Gasteiger partial charge in [-0.2, -0.15) is 5.26 Å². The van der Waals surface area contributed by atoms with Gasteiger partial charge >= 0.3 is 0 Å². The molecular formula is C11H12N2O2. The van der Waals surface area contributed by atoms with Crippen LogP contribution in [0.3, 0.4) is 0 Å². The third-order valence-electron chi connectivity index (χ3n) is 2.56. The van der Waals surface area contributed by atoms with Gasteiger partial charge in [0, 0.05) is 11.0 Å². The van der Waals surface area contributed by atoms with Crippen molar-refractivity contribution in [2.24, 2.45) is 0 Å². The summed E-state index contributed by atoms with van der Waals surface area (Å²) in [6, 6.07) is 3.56. The van der Waals surface area contributed by atoms with Crippen LogP contribution in [-0.4, -0.2) is 16.7 Å². The molecule has 1 N–H and O–H groups in total. The lowest BCUT2D eigenvalue weighted by molar-refractivity contribution is 0.0613. The van der Waals surface area contributed by atoms with Gasteiger partial charge in [-0.3, -0.25) is 0 Å². The molecule has 4 heteroatoms. The van der Waals surface area contributed by atoms with Crippen LogP contribution in [-0.2, 0) is 16.8 Å². The van der Waals surface area contributed by atoms with E-state index in [-0.39, 0.29) is 16.9 Å². The Bertz CT molecular complexity index is 447. The van der Waals surface area contributed by atoms with Crippen molar-refractivity contribution in [3.8, 4) is 11.9 Å². The summed E-state index contributed by atoms with van der Waals surface area (Å²) in [6.07, 6.45) is 0. The average molecular weight is 204 g/mol. The van der Waals surface area contributed by atoms with E-state index in [1.165, 1.54) is 0 Å². The molecule has 0 spiro atoms. The molecule has 78 valence electrons. The van der Waals surface area contributed by atoms with Gasteiger partial charge in [0.25, 0.3) is 0 Å². The predicted molar refractivity (Wildman–Crippen MR) is 53.3 cm³/mol. The van der Waals surface area contributed by atoms with Crippen LogP contribution in [0.4, 0.5) is 0 Å². The summed E-state index contributed by atoms with van der Waals surface area (Å²) < 4.78 is 5.42. The van der Waals surface area contributed by atoms with Crippen LogP contribution in [0.25, 0.3) is 0 Å². The number of rotatable bonds is 0. The van der Waals surface area contributed by atoms with E-state index in [1.807, 2.05) is 19.9 Å². The molecule has 0 fully saturated rings. The van der Waals surface area contributed by atoms with Gasteiger partial charge in [0.2, 0.25) is 5.88 Å². The Morgan fingerprint density at radius 3 is 3.00 bits per heavy atom. The van der Waals surface area contributed by atoms with Gasteiger partial charge in [-0.05, 0) is 6.07 Å². The van der Waals surface area contributed by atoms with Crippen LogP contribution in [0.5, 0.6) is 5.88 Å². The molecule has 0 aromatic carbocycles. The number of nitrogens with zero attached hydrogens (tertiary/aromatic N) is 2. The average Bonchev–Trinajstić information content (AvgIpc) is 2.18. The van der Waals surface area contributed by atoms with E-state index in [0.717, 1.165) is 11.3 Å². The number of aromatic hydroxyl groups is 1. The number of ether oxygens (including phenoxy) is 1. The van der Waals surface area contributed by atoms with Crippen LogP contribution < -0.4 is 0 Å². The maximum atomic E-state index is 9.52. The van der Waals surface area contributed by atoms with E-state index in [9.17, 15) is 5.11 Å². The first kappa shape index (κ1) is 9.94. The lowest BCUT2D eigenvalue weighted by atomic mass is 9.85. The normalized spacial score (nSPS) is 17.9. The number of hydrogen-bond donors (Lipinski definition) is 1. The largest absolute Gasteiger partial charge is 0.492 e. The summed E-state index contributed by atoms with van der Waals surface area (Å²) >= 11 is 0. The van der Waals surface area contributed by atoms with Crippen LogP contribution in [0.2, 0.25) is 0 Å². The predicted octanol–water partition coefficient (Wildman–Crippen LogP) is 1.47. The quantitative estimate of drug-likeness (QED) is 0.694. The van der Waals surface area contributed by atoms with Crippen molar-refractivity contribution in [1.82, 2.24) is 4.98 Å². The Hall–Kier alpha value is -1.60. The van der Waals surface area contributed by atoms with E-state index in [1.54, 1.807) is 6.07 Å². The molecule has 0 unspecified atom stereocenters. The molecule has 1 aliphatic heterocycles. The van der Waals surface area contributed by atoms with Crippen molar-refractivity contribution in [1.29, 1.82) is 5.26 Å². The molecular weight excluding hydrogens is 192 g/mol. The van der Waals surface area contributed by atoms with Gasteiger partial charge in [-0.15, -0.1) is 0 Å². The first-order chi connectivity index (χ1) is 7.04. The van der Waals surface area contributed by atoms with E-state index >= 15 is 0 Å². The molecule has 0 bridgehead atoms. The molecule has 2 rings (SSSR count). The molecule has 0 amide bonds. The first-order valence-electron chi connectivity index (χ1n) is 4.76. The van der Waals surface area contributed by atoms with Crippen LogP contribution >= 0.6 is 0 Å². The SMILES string of the molecule is CC1(C)COCc2cc(C#N)c(O)nc21. The lowest BCUT2D eigenvalue weighted by Crippen LogP contribution is -2.31. The molecule has 1 aromatic rings. The summed E-state index contributed by atoms with van der Waals surface area (Å²) in [5, 5.41) is 18.3. The number of pyridine rings is 1. The smallest absolute Gasteiger partial charge is 0.229 e. The van der Waals surface area contributed by atoms with E-state index in [4.69, 9.17) is 10.00 Å². The Morgan fingerprint density at radius 1 is 1.60 bits per heavy atom. The van der Waals surface area contributed by atoms with Gasteiger partial charge in [0.1, 0.15) is 11.6 Å². The number of aromatic nitrogens is 1. The zero-order valence-corrected chi connectivity index (χ0v) is 8.74. The molecule has 0 saturated heterocycles. The van der Waals surface area contributed by atoms with Gasteiger partial charge in [0.05, 0.1) is 18.9 Å². The van der Waals surface area contributed by atoms with E-state index in [0.29, 0.717) is 13.2 Å². The van der Waals surface area contributed by atoms with Crippen molar-refractivity contribution in [2.45, 2.75) is 25.9 Å². The molecule has 1 aliphatic rings. The number of fused-ring (bicyclic) bond motifs is 1. The monoisotopic (exact) mass is 204 g/mol. The third-order valence-corrected chi connectivity index (χ3v) is 2.56. The maximum Gasteiger partial charge on any atom is 0.229 e. The minimum Gasteiger partial charge on any atom is -0.492 e. The highest BCUT2D eigenvalue weighted by Crippen LogP contribution is 2.32. The highest BCUT2D eigenvalue weighted by atomic mass is 16.5. The second kappa shape index (κ2) is 3.21. The summed E-state index contributed by atoms with van der Waals surface area (Å²) in [4.78, 5) is 4.09. The minimum atomic E-state index is -0.209. The zero-order valence-electron chi connectivity index (χ0n) is 8.74. The van der Waals surface area contributed by atoms with Crippen molar-refractivity contribution >= 4 is 0 Å². The second-order valence-corrected chi connectivity index (χ2v) is 4.36. The van der Waals surface area contributed by atoms with Gasteiger partial charge in [0.15, 0.2) is 0 Å². The second-order valence-electron chi connectivity index (χ2n) is 4.36. The van der Waals surface area contributed by atoms with Crippen LogP contribution in [0, 0.1) is 11.3 Å². The fraction of sp³-hybridized carbons (Fsp3) is 0.455. The lowest BCUT2D eigenvalue weighted by Gasteiger charge is -2.31. The molecule has 0 aliphatic carbocycles. The molecule has 0 atom stereocenters. The van der Waals surface area contributed by atoms with Crippen LogP contribution in [0.1, 0.15) is 30.7 Å². The van der Waals surface area contributed by atoms with Crippen molar-refractivity contribution in [3.05, 3.63) is 22.9 Å². The molecule has 1 aromatic heterocycles. The van der Waals surface area contributed by atoms with Crippen molar-refractivity contribution in [3.63, 3.8) is 0 Å². The summed E-state index contributed by atoms with van der Waals surface area (Å²) in [7, 11) is 0. The molecule has 4 nitrogen and oxygen atoms in total. The van der Waals surface area contributed by atoms with Crippen molar-refractivity contribution in [2.75, 3.05) is 6.61 Å². The van der Waals surface area contributed by atoms with Gasteiger partial charge < -0.3 is 9.84 Å². The van der Waals surface area contributed by atoms with Gasteiger partial charge in [-0.1, -0.05) is 13.8 Å². The summed E-state index contributed by atoms with van der Waals surface area (Å²) in [5.74, 6) is -0.189. The fourth-order valence-electron chi connectivity index (χ4n) is 1.81. The summed E-state index contributed by atoms with van der Waals surface area (Å²) in [6.45, 7) is 5.05. The minimum absolute atomic E-state index is 0.189. The number of hydrogen-bond acceptors (Lipinski definition) is 4. The topological polar surface area (TPSA) is 66.1 Å². The first-order valence-corrected chi connectivity index (χ1v) is 4.76. The maximum absolute atomic E-state index is 9.52.